The minimum Gasteiger partial charge on any atom is -0.368 e. The van der Waals surface area contributed by atoms with Gasteiger partial charge in [0.05, 0.1) is 0 Å². The van der Waals surface area contributed by atoms with Crippen LogP contribution in [0.1, 0.15) is 37.8 Å². The van der Waals surface area contributed by atoms with E-state index in [0.717, 1.165) is 6.54 Å². The largest absolute Gasteiger partial charge is 0.368 e. The number of rotatable bonds is 3. The highest BCUT2D eigenvalue weighted by molar-refractivity contribution is 5.56. The summed E-state index contributed by atoms with van der Waals surface area (Å²) in [7, 11) is 0. The molecule has 1 aromatic carbocycles. The van der Waals surface area contributed by atoms with Crippen molar-refractivity contribution in [3.05, 3.63) is 29.3 Å². The highest BCUT2D eigenvalue weighted by Crippen LogP contribution is 2.29. The molecule has 1 aliphatic heterocycles. The Labute approximate surface area is 111 Å². The topological polar surface area (TPSA) is 15.3 Å². The van der Waals surface area contributed by atoms with Crippen LogP contribution in [-0.2, 0) is 0 Å². The summed E-state index contributed by atoms with van der Waals surface area (Å²) >= 11 is 0. The molecule has 2 nitrogen and oxygen atoms in total. The van der Waals surface area contributed by atoms with Gasteiger partial charge in [-0.25, -0.2) is 0 Å². The number of benzene rings is 1. The van der Waals surface area contributed by atoms with Gasteiger partial charge in [0, 0.05) is 24.3 Å². The monoisotopic (exact) mass is 246 g/mol. The van der Waals surface area contributed by atoms with E-state index in [-0.39, 0.29) is 0 Å². The fraction of sp³-hybridized carbons (Fsp3) is 0.625. The van der Waals surface area contributed by atoms with Crippen molar-refractivity contribution >= 4 is 5.69 Å². The molecular formula is C16H26N2. The number of hydrogen-bond acceptors (Lipinski definition) is 2. The second-order valence-corrected chi connectivity index (χ2v) is 5.54. The van der Waals surface area contributed by atoms with E-state index >= 15 is 0 Å². The molecule has 2 rings (SSSR count). The molecule has 1 N–H and O–H groups in total. The highest BCUT2D eigenvalue weighted by Gasteiger charge is 2.25. The molecule has 0 amide bonds. The van der Waals surface area contributed by atoms with Crippen LogP contribution in [0.5, 0.6) is 0 Å². The molecule has 0 spiro atoms. The van der Waals surface area contributed by atoms with Gasteiger partial charge in [-0.2, -0.15) is 0 Å². The van der Waals surface area contributed by atoms with Gasteiger partial charge >= 0.3 is 0 Å². The molecule has 2 atom stereocenters. The van der Waals surface area contributed by atoms with Crippen LogP contribution in [-0.4, -0.2) is 25.2 Å². The van der Waals surface area contributed by atoms with Crippen LogP contribution in [0, 0.1) is 13.8 Å². The van der Waals surface area contributed by atoms with Gasteiger partial charge in [0.15, 0.2) is 0 Å². The maximum Gasteiger partial charge on any atom is 0.0401 e. The molecule has 18 heavy (non-hydrogen) atoms. The number of aryl methyl sites for hydroxylation is 1. The Morgan fingerprint density at radius 3 is 2.78 bits per heavy atom. The lowest BCUT2D eigenvalue weighted by molar-refractivity contribution is 0.374. The normalized spacial score (nSPS) is 24.3. The van der Waals surface area contributed by atoms with Crippen molar-refractivity contribution in [1.29, 1.82) is 0 Å². The molecule has 100 valence electrons. The fourth-order valence-electron chi connectivity index (χ4n) is 3.05. The summed E-state index contributed by atoms with van der Waals surface area (Å²) in [5.41, 5.74) is 4.26. The molecule has 1 aliphatic rings. The zero-order valence-electron chi connectivity index (χ0n) is 12.2. The molecule has 1 fully saturated rings. The van der Waals surface area contributed by atoms with E-state index in [1.807, 2.05) is 0 Å². The third-order valence-electron chi connectivity index (χ3n) is 4.25. The van der Waals surface area contributed by atoms with Gasteiger partial charge in [-0.15, -0.1) is 0 Å². The SMILES string of the molecule is CCNC1CCN(c2cccc(C)c2C)C(C)C1. The zero-order valence-corrected chi connectivity index (χ0v) is 12.2. The van der Waals surface area contributed by atoms with Crippen molar-refractivity contribution < 1.29 is 0 Å². The molecule has 0 radical (unpaired) electrons. The number of anilines is 1. The van der Waals surface area contributed by atoms with Crippen LogP contribution in [0.3, 0.4) is 0 Å². The number of hydrogen-bond donors (Lipinski definition) is 1. The lowest BCUT2D eigenvalue weighted by Crippen LogP contribution is -2.47. The third-order valence-corrected chi connectivity index (χ3v) is 4.25. The summed E-state index contributed by atoms with van der Waals surface area (Å²) in [4.78, 5) is 2.58. The Balaban J connectivity index is 2.13. The average molecular weight is 246 g/mol. The number of piperidine rings is 1. The summed E-state index contributed by atoms with van der Waals surface area (Å²) in [5.74, 6) is 0. The molecule has 2 unspecified atom stereocenters. The lowest BCUT2D eigenvalue weighted by atomic mass is 9.96. The fourth-order valence-corrected chi connectivity index (χ4v) is 3.05. The van der Waals surface area contributed by atoms with E-state index in [1.165, 1.54) is 36.2 Å². The first-order chi connectivity index (χ1) is 8.63. The molecule has 1 saturated heterocycles. The molecule has 1 aromatic rings. The Kier molecular flexibility index (Phi) is 4.28. The molecule has 0 bridgehead atoms. The third kappa shape index (κ3) is 2.69. The Bertz CT molecular complexity index is 400. The van der Waals surface area contributed by atoms with Crippen molar-refractivity contribution in [2.75, 3.05) is 18.0 Å². The van der Waals surface area contributed by atoms with Crippen molar-refractivity contribution in [3.63, 3.8) is 0 Å². The van der Waals surface area contributed by atoms with Gasteiger partial charge in [0.25, 0.3) is 0 Å². The summed E-state index contributed by atoms with van der Waals surface area (Å²) < 4.78 is 0. The summed E-state index contributed by atoms with van der Waals surface area (Å²) in [6.07, 6.45) is 2.51. The lowest BCUT2D eigenvalue weighted by Gasteiger charge is -2.40. The van der Waals surface area contributed by atoms with Crippen LogP contribution in [0.4, 0.5) is 5.69 Å². The Morgan fingerprint density at radius 1 is 1.33 bits per heavy atom. The minimum absolute atomic E-state index is 0.628. The van der Waals surface area contributed by atoms with Crippen LogP contribution in [0.15, 0.2) is 18.2 Å². The van der Waals surface area contributed by atoms with Crippen molar-refractivity contribution in [3.8, 4) is 0 Å². The van der Waals surface area contributed by atoms with Gasteiger partial charge in [-0.3, -0.25) is 0 Å². The predicted octanol–water partition coefficient (Wildman–Crippen LogP) is 3.27. The maximum atomic E-state index is 3.59. The van der Waals surface area contributed by atoms with E-state index in [1.54, 1.807) is 0 Å². The smallest absolute Gasteiger partial charge is 0.0401 e. The molecule has 0 saturated carbocycles. The van der Waals surface area contributed by atoms with Crippen LogP contribution in [0.25, 0.3) is 0 Å². The highest BCUT2D eigenvalue weighted by atomic mass is 15.2. The van der Waals surface area contributed by atoms with E-state index in [9.17, 15) is 0 Å². The van der Waals surface area contributed by atoms with Crippen molar-refractivity contribution in [2.24, 2.45) is 0 Å². The number of nitrogens with zero attached hydrogens (tertiary/aromatic N) is 1. The molecule has 0 aromatic heterocycles. The second kappa shape index (κ2) is 5.75. The maximum absolute atomic E-state index is 3.59. The standard InChI is InChI=1S/C16H26N2/c1-5-17-15-9-10-18(13(3)11-15)16-8-6-7-12(2)14(16)4/h6-8,13,15,17H,5,9-11H2,1-4H3. The second-order valence-electron chi connectivity index (χ2n) is 5.54. The molecular weight excluding hydrogens is 220 g/mol. The average Bonchev–Trinajstić information content (AvgIpc) is 2.34. The van der Waals surface area contributed by atoms with E-state index in [0.29, 0.717) is 12.1 Å². The first-order valence-electron chi connectivity index (χ1n) is 7.19. The van der Waals surface area contributed by atoms with Crippen LogP contribution in [0.2, 0.25) is 0 Å². The van der Waals surface area contributed by atoms with Gasteiger partial charge in [-0.05, 0) is 57.4 Å². The first kappa shape index (κ1) is 13.4. The number of nitrogens with one attached hydrogen (secondary N) is 1. The summed E-state index contributed by atoms with van der Waals surface area (Å²) in [5, 5.41) is 3.59. The quantitative estimate of drug-likeness (QED) is 0.880. The van der Waals surface area contributed by atoms with Crippen molar-refractivity contribution in [2.45, 2.75) is 52.6 Å². The van der Waals surface area contributed by atoms with Gasteiger partial charge in [-0.1, -0.05) is 19.1 Å². The Morgan fingerprint density at radius 2 is 2.11 bits per heavy atom. The zero-order chi connectivity index (χ0) is 13.1. The minimum atomic E-state index is 0.628. The van der Waals surface area contributed by atoms with Crippen molar-refractivity contribution in [1.82, 2.24) is 5.32 Å². The van der Waals surface area contributed by atoms with Gasteiger partial charge in [0.2, 0.25) is 0 Å². The Hall–Kier alpha value is -1.02. The van der Waals surface area contributed by atoms with E-state index in [2.05, 4.69) is 56.1 Å². The van der Waals surface area contributed by atoms with E-state index < -0.39 is 0 Å². The molecule has 0 aliphatic carbocycles. The van der Waals surface area contributed by atoms with Gasteiger partial charge < -0.3 is 10.2 Å². The predicted molar refractivity (Wildman–Crippen MR) is 79.4 cm³/mol. The molecule has 2 heteroatoms. The first-order valence-corrected chi connectivity index (χ1v) is 7.19. The summed E-state index contributed by atoms with van der Waals surface area (Å²) in [6.45, 7) is 11.2. The molecule has 1 heterocycles. The van der Waals surface area contributed by atoms with Crippen LogP contribution < -0.4 is 10.2 Å². The van der Waals surface area contributed by atoms with Gasteiger partial charge in [0.1, 0.15) is 0 Å². The van der Waals surface area contributed by atoms with E-state index in [4.69, 9.17) is 0 Å². The van der Waals surface area contributed by atoms with Crippen LogP contribution >= 0.6 is 0 Å². The summed E-state index contributed by atoms with van der Waals surface area (Å²) in [6, 6.07) is 7.98.